The first-order valence-electron chi connectivity index (χ1n) is 4.15. The molecule has 0 aromatic heterocycles. The Bertz CT molecular complexity index is 347. The average molecular weight is 238 g/mol. The van der Waals surface area contributed by atoms with Crippen molar-refractivity contribution in [3.63, 3.8) is 0 Å². The maximum Gasteiger partial charge on any atom is 0.573 e. The molecule has 0 aliphatic rings. The Morgan fingerprint density at radius 2 is 1.87 bits per heavy atom. The average Bonchev–Trinajstić information content (AvgIpc) is 2.06. The van der Waals surface area contributed by atoms with Crippen LogP contribution in [-0.2, 0) is 0 Å². The lowest BCUT2D eigenvalue weighted by Gasteiger charge is -2.12. The van der Waals surface area contributed by atoms with Crippen LogP contribution in [0.2, 0.25) is 5.02 Å². The zero-order valence-corrected chi connectivity index (χ0v) is 8.91. The third kappa shape index (κ3) is 3.63. The highest BCUT2D eigenvalue weighted by molar-refractivity contribution is 6.32. The molecule has 0 bridgehead atoms. The summed E-state index contributed by atoms with van der Waals surface area (Å²) in [5.74, 6) is 0.515. The molecule has 1 aromatic carbocycles. The Hall–Kier alpha value is -0.900. The fraction of sp³-hybridized carbons (Fsp3) is 0.300. The molecule has 1 aromatic rings. The van der Waals surface area contributed by atoms with Gasteiger partial charge < -0.3 is 4.74 Å². The highest BCUT2D eigenvalue weighted by Gasteiger charge is 2.32. The second-order valence-corrected chi connectivity index (χ2v) is 3.60. The summed E-state index contributed by atoms with van der Waals surface area (Å²) in [6, 6.07) is 4.29. The lowest BCUT2D eigenvalue weighted by Crippen LogP contribution is -2.17. The van der Waals surface area contributed by atoms with Crippen molar-refractivity contribution in [2.24, 2.45) is 0 Å². The summed E-state index contributed by atoms with van der Waals surface area (Å²) < 4.78 is 39.7. The number of hydrogen-bond donors (Lipinski definition) is 0. The van der Waals surface area contributed by atoms with Crippen LogP contribution in [0.25, 0.3) is 0 Å². The topological polar surface area (TPSA) is 9.23 Å². The van der Waals surface area contributed by atoms with Crippen molar-refractivity contribution in [3.8, 4) is 5.75 Å². The van der Waals surface area contributed by atoms with Gasteiger partial charge in [0, 0.05) is 0 Å². The SMILES string of the molecule is C[C](C)c1ccc(Cl)c(OC(F)(F)F)c1. The van der Waals surface area contributed by atoms with E-state index in [1.807, 2.05) is 0 Å². The van der Waals surface area contributed by atoms with Crippen LogP contribution in [0.4, 0.5) is 13.2 Å². The highest BCUT2D eigenvalue weighted by atomic mass is 35.5. The fourth-order valence-corrected chi connectivity index (χ4v) is 1.17. The van der Waals surface area contributed by atoms with Crippen molar-refractivity contribution in [1.82, 2.24) is 0 Å². The Morgan fingerprint density at radius 3 is 2.33 bits per heavy atom. The monoisotopic (exact) mass is 237 g/mol. The smallest absolute Gasteiger partial charge is 0.404 e. The van der Waals surface area contributed by atoms with Crippen molar-refractivity contribution in [1.29, 1.82) is 0 Å². The number of halogens is 4. The zero-order valence-electron chi connectivity index (χ0n) is 8.15. The van der Waals surface area contributed by atoms with Gasteiger partial charge in [-0.3, -0.25) is 0 Å². The van der Waals surface area contributed by atoms with E-state index in [-0.39, 0.29) is 10.8 Å². The van der Waals surface area contributed by atoms with Gasteiger partial charge in [-0.2, -0.15) is 0 Å². The van der Waals surface area contributed by atoms with E-state index >= 15 is 0 Å². The normalized spacial score (nSPS) is 11.9. The maximum atomic E-state index is 12.0. The highest BCUT2D eigenvalue weighted by Crippen LogP contribution is 2.32. The third-order valence-corrected chi connectivity index (χ3v) is 2.05. The van der Waals surface area contributed by atoms with Crippen LogP contribution in [0.1, 0.15) is 19.4 Å². The summed E-state index contributed by atoms with van der Waals surface area (Å²) in [5, 5.41) is -0.0580. The quantitative estimate of drug-likeness (QED) is 0.749. The first-order valence-corrected chi connectivity index (χ1v) is 4.53. The van der Waals surface area contributed by atoms with E-state index in [0.717, 1.165) is 5.92 Å². The fourth-order valence-electron chi connectivity index (χ4n) is 1.02. The molecule has 0 aliphatic carbocycles. The molecular weight excluding hydrogens is 229 g/mol. The molecular formula is C10H9ClF3O. The Kier molecular flexibility index (Phi) is 3.50. The van der Waals surface area contributed by atoms with Gasteiger partial charge in [0.1, 0.15) is 5.75 Å². The first-order chi connectivity index (χ1) is 6.79. The lowest BCUT2D eigenvalue weighted by molar-refractivity contribution is -0.274. The minimum atomic E-state index is -4.72. The van der Waals surface area contributed by atoms with Crippen LogP contribution >= 0.6 is 11.6 Å². The minimum Gasteiger partial charge on any atom is -0.404 e. The van der Waals surface area contributed by atoms with Crippen LogP contribution < -0.4 is 4.74 Å². The summed E-state index contributed by atoms with van der Waals surface area (Å²) >= 11 is 5.57. The van der Waals surface area contributed by atoms with Gasteiger partial charge in [-0.05, 0) is 23.6 Å². The number of alkyl halides is 3. The first kappa shape index (κ1) is 12.2. The number of hydrogen-bond acceptors (Lipinski definition) is 1. The summed E-state index contributed by atoms with van der Waals surface area (Å²) in [6.07, 6.45) is -4.72. The molecule has 0 amide bonds. The van der Waals surface area contributed by atoms with E-state index in [9.17, 15) is 13.2 Å². The van der Waals surface area contributed by atoms with Gasteiger partial charge >= 0.3 is 6.36 Å². The molecule has 83 valence electrons. The van der Waals surface area contributed by atoms with Crippen LogP contribution in [0.3, 0.4) is 0 Å². The van der Waals surface area contributed by atoms with Gasteiger partial charge in [0.15, 0.2) is 0 Å². The van der Waals surface area contributed by atoms with Crippen molar-refractivity contribution in [2.75, 3.05) is 0 Å². The van der Waals surface area contributed by atoms with Gasteiger partial charge in [-0.25, -0.2) is 0 Å². The molecule has 5 heteroatoms. The number of ether oxygens (including phenoxy) is 1. The maximum absolute atomic E-state index is 12.0. The molecule has 0 heterocycles. The Morgan fingerprint density at radius 1 is 1.27 bits per heavy atom. The summed E-state index contributed by atoms with van der Waals surface area (Å²) in [7, 11) is 0. The molecule has 0 fully saturated rings. The lowest BCUT2D eigenvalue weighted by atomic mass is 10.0. The van der Waals surface area contributed by atoms with E-state index < -0.39 is 6.36 Å². The molecule has 1 radical (unpaired) electrons. The number of benzene rings is 1. The molecule has 1 nitrogen and oxygen atoms in total. The standard InChI is InChI=1S/C10H9ClF3O/c1-6(2)7-3-4-8(11)9(5-7)15-10(12,13)14/h3-5H,1-2H3. The molecule has 0 atom stereocenters. The Balaban J connectivity index is 3.01. The number of rotatable bonds is 2. The van der Waals surface area contributed by atoms with Crippen LogP contribution in [0.15, 0.2) is 18.2 Å². The zero-order chi connectivity index (χ0) is 11.6. The largest absolute Gasteiger partial charge is 0.573 e. The van der Waals surface area contributed by atoms with Crippen LogP contribution in [0, 0.1) is 5.92 Å². The molecule has 0 N–H and O–H groups in total. The third-order valence-electron chi connectivity index (χ3n) is 1.73. The van der Waals surface area contributed by atoms with Gasteiger partial charge in [-0.15, -0.1) is 13.2 Å². The van der Waals surface area contributed by atoms with Gasteiger partial charge in [-0.1, -0.05) is 31.5 Å². The summed E-state index contributed by atoms with van der Waals surface area (Å²) in [5.41, 5.74) is 0.665. The minimum absolute atomic E-state index is 0.0580. The molecule has 0 spiro atoms. The van der Waals surface area contributed by atoms with Crippen LogP contribution in [-0.4, -0.2) is 6.36 Å². The predicted molar refractivity (Wildman–Crippen MR) is 51.8 cm³/mol. The van der Waals surface area contributed by atoms with E-state index in [4.69, 9.17) is 11.6 Å². The second-order valence-electron chi connectivity index (χ2n) is 3.19. The molecule has 0 unspecified atom stereocenters. The van der Waals surface area contributed by atoms with Gasteiger partial charge in [0.2, 0.25) is 0 Å². The van der Waals surface area contributed by atoms with Gasteiger partial charge in [0.25, 0.3) is 0 Å². The van der Waals surface area contributed by atoms with Crippen molar-refractivity contribution in [2.45, 2.75) is 20.2 Å². The predicted octanol–water partition coefficient (Wildman–Crippen LogP) is 4.20. The van der Waals surface area contributed by atoms with Crippen LogP contribution in [0.5, 0.6) is 5.75 Å². The van der Waals surface area contributed by atoms with E-state index in [1.54, 1.807) is 19.9 Å². The van der Waals surface area contributed by atoms with Crippen molar-refractivity contribution >= 4 is 11.6 Å². The van der Waals surface area contributed by atoms with Crippen molar-refractivity contribution in [3.05, 3.63) is 34.7 Å². The molecule has 0 aliphatic heterocycles. The summed E-state index contributed by atoms with van der Waals surface area (Å²) in [6.45, 7) is 3.58. The van der Waals surface area contributed by atoms with E-state index in [0.29, 0.717) is 5.56 Å². The molecule has 1 rings (SSSR count). The molecule has 0 saturated carbocycles. The van der Waals surface area contributed by atoms with Gasteiger partial charge in [0.05, 0.1) is 5.02 Å². The van der Waals surface area contributed by atoms with Crippen molar-refractivity contribution < 1.29 is 17.9 Å². The Labute approximate surface area is 90.8 Å². The second kappa shape index (κ2) is 4.31. The summed E-state index contributed by atoms with van der Waals surface area (Å²) in [4.78, 5) is 0. The molecule has 15 heavy (non-hydrogen) atoms. The van der Waals surface area contributed by atoms with E-state index in [1.165, 1.54) is 12.1 Å². The molecule has 0 saturated heterocycles. The van der Waals surface area contributed by atoms with E-state index in [2.05, 4.69) is 4.74 Å².